The minimum atomic E-state index is -1.38. The number of carbonyl (C=O) groups is 2. The summed E-state index contributed by atoms with van der Waals surface area (Å²) in [5, 5.41) is 9.24. The molecule has 1 amide bonds. The van der Waals surface area contributed by atoms with E-state index >= 15 is 0 Å². The molecular formula is C26H24F3NO4. The lowest BCUT2D eigenvalue weighted by atomic mass is 10.0. The molecule has 0 aliphatic rings. The summed E-state index contributed by atoms with van der Waals surface area (Å²) in [7, 11) is 0. The van der Waals surface area contributed by atoms with Gasteiger partial charge >= 0.3 is 5.97 Å². The van der Waals surface area contributed by atoms with Crippen LogP contribution < -0.4 is 4.90 Å². The van der Waals surface area contributed by atoms with E-state index in [9.17, 15) is 27.9 Å². The predicted octanol–water partition coefficient (Wildman–Crippen LogP) is 5.25. The van der Waals surface area contributed by atoms with E-state index in [1.807, 2.05) is 0 Å². The average molecular weight is 471 g/mol. The second-order valence-electron chi connectivity index (χ2n) is 8.63. The van der Waals surface area contributed by atoms with Crippen LogP contribution >= 0.6 is 0 Å². The molecule has 0 heterocycles. The molecule has 34 heavy (non-hydrogen) atoms. The Morgan fingerprint density at radius 3 is 2.09 bits per heavy atom. The number of carbonyl (C=O) groups excluding carboxylic acids is 2. The summed E-state index contributed by atoms with van der Waals surface area (Å²) in [4.78, 5) is 26.6. The SMILES string of the molecule is CC(C)(C)OC(=O)CN(C(=O)c1c(F)cc(F)cc1F)c1cccc(-c2ccc(CO)cc2)c1. The fourth-order valence-electron chi connectivity index (χ4n) is 3.32. The van der Waals surface area contributed by atoms with Gasteiger partial charge in [-0.25, -0.2) is 13.2 Å². The number of hydrogen-bond donors (Lipinski definition) is 1. The van der Waals surface area contributed by atoms with Crippen molar-refractivity contribution in [3.63, 3.8) is 0 Å². The second-order valence-corrected chi connectivity index (χ2v) is 8.63. The first kappa shape index (κ1) is 25.0. The quantitative estimate of drug-likeness (QED) is 0.499. The number of esters is 1. The van der Waals surface area contributed by atoms with Gasteiger partial charge in [0, 0.05) is 17.8 Å². The van der Waals surface area contributed by atoms with E-state index in [-0.39, 0.29) is 12.3 Å². The summed E-state index contributed by atoms with van der Waals surface area (Å²) in [5.41, 5.74) is 0.468. The first-order chi connectivity index (χ1) is 16.0. The van der Waals surface area contributed by atoms with Crippen molar-refractivity contribution in [3.8, 4) is 11.1 Å². The van der Waals surface area contributed by atoms with Crippen molar-refractivity contribution < 1.29 is 32.6 Å². The molecule has 5 nitrogen and oxygen atoms in total. The number of aliphatic hydroxyl groups is 1. The number of amides is 1. The number of benzene rings is 3. The number of rotatable bonds is 6. The number of nitrogens with zero attached hydrogens (tertiary/aromatic N) is 1. The van der Waals surface area contributed by atoms with Gasteiger partial charge in [0.1, 0.15) is 35.2 Å². The molecule has 0 unspecified atom stereocenters. The highest BCUT2D eigenvalue weighted by Gasteiger charge is 2.29. The molecule has 0 bridgehead atoms. The highest BCUT2D eigenvalue weighted by Crippen LogP contribution is 2.28. The minimum absolute atomic E-state index is 0.118. The predicted molar refractivity (Wildman–Crippen MR) is 122 cm³/mol. The van der Waals surface area contributed by atoms with Crippen molar-refractivity contribution >= 4 is 17.6 Å². The van der Waals surface area contributed by atoms with E-state index in [2.05, 4.69) is 0 Å². The lowest BCUT2D eigenvalue weighted by Gasteiger charge is -2.26. The van der Waals surface area contributed by atoms with Crippen molar-refractivity contribution in [3.05, 3.63) is 89.2 Å². The van der Waals surface area contributed by atoms with Crippen LogP contribution in [0.3, 0.4) is 0 Å². The van der Waals surface area contributed by atoms with Crippen LogP contribution in [0.25, 0.3) is 11.1 Å². The monoisotopic (exact) mass is 471 g/mol. The zero-order valence-corrected chi connectivity index (χ0v) is 18.9. The molecule has 0 spiro atoms. The normalized spacial score (nSPS) is 11.3. The molecule has 3 rings (SSSR count). The van der Waals surface area contributed by atoms with Gasteiger partial charge < -0.3 is 9.84 Å². The van der Waals surface area contributed by atoms with E-state index in [1.165, 1.54) is 6.07 Å². The maximum atomic E-state index is 14.4. The summed E-state index contributed by atoms with van der Waals surface area (Å²) in [6, 6.07) is 14.3. The summed E-state index contributed by atoms with van der Waals surface area (Å²) in [6.07, 6.45) is 0. The molecule has 8 heteroatoms. The molecule has 0 fully saturated rings. The summed E-state index contributed by atoms with van der Waals surface area (Å²) >= 11 is 0. The van der Waals surface area contributed by atoms with Gasteiger partial charge in [0.15, 0.2) is 0 Å². The highest BCUT2D eigenvalue weighted by atomic mass is 19.1. The summed E-state index contributed by atoms with van der Waals surface area (Å²) < 4.78 is 47.5. The average Bonchev–Trinajstić information content (AvgIpc) is 2.75. The van der Waals surface area contributed by atoms with Gasteiger partial charge in [0.2, 0.25) is 0 Å². The van der Waals surface area contributed by atoms with Gasteiger partial charge in [-0.1, -0.05) is 36.4 Å². The molecule has 0 radical (unpaired) electrons. The van der Waals surface area contributed by atoms with E-state index in [0.29, 0.717) is 23.3 Å². The highest BCUT2D eigenvalue weighted by molar-refractivity contribution is 6.09. The van der Waals surface area contributed by atoms with Crippen LogP contribution in [0, 0.1) is 17.5 Å². The van der Waals surface area contributed by atoms with Gasteiger partial charge in [-0.2, -0.15) is 0 Å². The van der Waals surface area contributed by atoms with Crippen molar-refractivity contribution in [1.82, 2.24) is 0 Å². The number of hydrogen-bond acceptors (Lipinski definition) is 4. The van der Waals surface area contributed by atoms with Gasteiger partial charge in [0.25, 0.3) is 5.91 Å². The molecule has 3 aromatic rings. The van der Waals surface area contributed by atoms with Crippen LogP contribution in [-0.4, -0.2) is 29.1 Å². The Balaban J connectivity index is 2.05. The van der Waals surface area contributed by atoms with E-state index in [4.69, 9.17) is 4.74 Å². The molecule has 0 saturated heterocycles. The number of halogens is 3. The minimum Gasteiger partial charge on any atom is -0.459 e. The van der Waals surface area contributed by atoms with Gasteiger partial charge in [0.05, 0.1) is 6.61 Å². The van der Waals surface area contributed by atoms with Crippen molar-refractivity contribution in [2.24, 2.45) is 0 Å². The fraction of sp³-hybridized carbons (Fsp3) is 0.231. The Kier molecular flexibility index (Phi) is 7.41. The molecule has 3 aromatic carbocycles. The van der Waals surface area contributed by atoms with Gasteiger partial charge in [-0.3, -0.25) is 14.5 Å². The van der Waals surface area contributed by atoms with Crippen LogP contribution in [0.15, 0.2) is 60.7 Å². The third-order valence-electron chi connectivity index (χ3n) is 4.80. The van der Waals surface area contributed by atoms with E-state index < -0.39 is 47.0 Å². The Hall–Kier alpha value is -3.65. The zero-order valence-electron chi connectivity index (χ0n) is 18.9. The zero-order chi connectivity index (χ0) is 25.0. The Morgan fingerprint density at radius 1 is 0.912 bits per heavy atom. The lowest BCUT2D eigenvalue weighted by Crippen LogP contribution is -2.39. The topological polar surface area (TPSA) is 66.8 Å². The lowest BCUT2D eigenvalue weighted by molar-refractivity contribution is -0.152. The molecule has 0 aliphatic heterocycles. The van der Waals surface area contributed by atoms with Crippen LogP contribution in [0.1, 0.15) is 36.7 Å². The summed E-state index contributed by atoms with van der Waals surface area (Å²) in [6.45, 7) is 4.19. The molecule has 1 N–H and O–H groups in total. The maximum Gasteiger partial charge on any atom is 0.326 e. The maximum absolute atomic E-state index is 14.4. The Morgan fingerprint density at radius 2 is 1.53 bits per heavy atom. The number of ether oxygens (including phenoxy) is 1. The summed E-state index contributed by atoms with van der Waals surface area (Å²) in [5.74, 6) is -5.88. The third kappa shape index (κ3) is 6.02. The van der Waals surface area contributed by atoms with Crippen molar-refractivity contribution in [2.45, 2.75) is 33.0 Å². The number of anilines is 1. The van der Waals surface area contributed by atoms with E-state index in [0.717, 1.165) is 10.5 Å². The Labute approximate surface area is 195 Å². The number of aliphatic hydroxyl groups excluding tert-OH is 1. The molecule has 0 aromatic heterocycles. The third-order valence-corrected chi connectivity index (χ3v) is 4.80. The van der Waals surface area contributed by atoms with Crippen molar-refractivity contribution in [1.29, 1.82) is 0 Å². The standard InChI is InChI=1S/C26H24F3NO4/c1-26(2,3)34-23(32)14-30(25(33)24-21(28)12-19(27)13-22(24)29)20-6-4-5-18(11-20)17-9-7-16(15-31)8-10-17/h4-13,31H,14-15H2,1-3H3. The largest absolute Gasteiger partial charge is 0.459 e. The van der Waals surface area contributed by atoms with Crippen molar-refractivity contribution in [2.75, 3.05) is 11.4 Å². The van der Waals surface area contributed by atoms with Crippen LogP contribution in [-0.2, 0) is 16.1 Å². The molecule has 178 valence electrons. The van der Waals surface area contributed by atoms with Gasteiger partial charge in [-0.15, -0.1) is 0 Å². The molecule has 0 atom stereocenters. The van der Waals surface area contributed by atoms with Gasteiger partial charge in [-0.05, 0) is 49.6 Å². The first-order valence-corrected chi connectivity index (χ1v) is 10.5. The fourth-order valence-corrected chi connectivity index (χ4v) is 3.32. The molecular weight excluding hydrogens is 447 g/mol. The van der Waals surface area contributed by atoms with Crippen LogP contribution in [0.4, 0.5) is 18.9 Å². The molecule has 0 aliphatic carbocycles. The van der Waals surface area contributed by atoms with Crippen LogP contribution in [0.5, 0.6) is 0 Å². The smallest absolute Gasteiger partial charge is 0.326 e. The molecule has 0 saturated carbocycles. The van der Waals surface area contributed by atoms with E-state index in [1.54, 1.807) is 63.2 Å². The first-order valence-electron chi connectivity index (χ1n) is 10.5. The Bertz CT molecular complexity index is 1180. The second kappa shape index (κ2) is 10.1. The van der Waals surface area contributed by atoms with Crippen LogP contribution in [0.2, 0.25) is 0 Å².